The fraction of sp³-hybridized carbons (Fsp3) is 0.133. The highest BCUT2D eigenvalue weighted by molar-refractivity contribution is 8.01. The molecule has 0 atom stereocenters. The Morgan fingerprint density at radius 3 is 2.48 bits per heavy atom. The predicted molar refractivity (Wildman–Crippen MR) is 90.1 cm³/mol. The van der Waals surface area contributed by atoms with Gasteiger partial charge in [-0.3, -0.25) is 14.4 Å². The third-order valence-electron chi connectivity index (χ3n) is 2.67. The van der Waals surface area contributed by atoms with Crippen LogP contribution in [0.4, 0.5) is 5.69 Å². The van der Waals surface area contributed by atoms with E-state index in [1.54, 1.807) is 23.5 Å². The van der Waals surface area contributed by atoms with E-state index in [4.69, 9.17) is 5.11 Å². The van der Waals surface area contributed by atoms with Crippen LogP contribution < -0.4 is 10.6 Å². The van der Waals surface area contributed by atoms with Crippen LogP contribution in [0.5, 0.6) is 0 Å². The zero-order valence-corrected chi connectivity index (χ0v) is 13.6. The lowest BCUT2D eigenvalue weighted by atomic mass is 10.2. The molecule has 8 heteroatoms. The van der Waals surface area contributed by atoms with E-state index in [1.807, 2.05) is 17.5 Å². The van der Waals surface area contributed by atoms with Crippen LogP contribution >= 0.6 is 23.1 Å². The fourth-order valence-corrected chi connectivity index (χ4v) is 3.23. The van der Waals surface area contributed by atoms with Gasteiger partial charge in [-0.25, -0.2) is 0 Å². The molecule has 0 saturated carbocycles. The molecule has 3 N–H and O–H groups in total. The number of carbonyl (C=O) groups is 3. The van der Waals surface area contributed by atoms with Crippen LogP contribution in [0.15, 0.2) is 46.0 Å². The molecule has 0 aliphatic rings. The van der Waals surface area contributed by atoms with E-state index in [2.05, 4.69) is 10.6 Å². The van der Waals surface area contributed by atoms with Gasteiger partial charge in [0.15, 0.2) is 0 Å². The van der Waals surface area contributed by atoms with E-state index < -0.39 is 18.4 Å². The highest BCUT2D eigenvalue weighted by Crippen LogP contribution is 2.23. The summed E-state index contributed by atoms with van der Waals surface area (Å²) in [7, 11) is 0. The Morgan fingerprint density at radius 2 is 1.87 bits per heavy atom. The molecular weight excluding hydrogens is 336 g/mol. The van der Waals surface area contributed by atoms with Gasteiger partial charge in [-0.1, -0.05) is 6.07 Å². The zero-order chi connectivity index (χ0) is 16.7. The highest BCUT2D eigenvalue weighted by atomic mass is 32.2. The number of anilines is 1. The number of rotatable bonds is 7. The van der Waals surface area contributed by atoms with Crippen molar-refractivity contribution in [2.75, 3.05) is 17.6 Å². The van der Waals surface area contributed by atoms with Crippen LogP contribution in [0.25, 0.3) is 0 Å². The largest absolute Gasteiger partial charge is 0.480 e. The number of carboxylic acid groups (broad SMARTS) is 1. The molecule has 1 heterocycles. The second-order valence-electron chi connectivity index (χ2n) is 4.42. The minimum Gasteiger partial charge on any atom is -0.480 e. The molecule has 0 unspecified atom stereocenters. The predicted octanol–water partition coefficient (Wildman–Crippen LogP) is 2.29. The lowest BCUT2D eigenvalue weighted by Crippen LogP contribution is -2.29. The van der Waals surface area contributed by atoms with Crippen LogP contribution in [-0.2, 0) is 9.59 Å². The van der Waals surface area contributed by atoms with Crippen molar-refractivity contribution in [2.24, 2.45) is 0 Å². The normalized spacial score (nSPS) is 10.1. The minimum absolute atomic E-state index is 0.133. The molecule has 2 aromatic rings. The van der Waals surface area contributed by atoms with Gasteiger partial charge in [0.25, 0.3) is 5.91 Å². The summed E-state index contributed by atoms with van der Waals surface area (Å²) in [5, 5.41) is 15.5. The highest BCUT2D eigenvalue weighted by Gasteiger charge is 2.08. The standard InChI is InChI=1S/C15H14N2O4S2/c18-12(9-23-14-2-1-7-22-14)17-11-5-3-10(4-6-11)15(21)16-8-13(19)20/h1-7H,8-9H2,(H,16,21)(H,17,18)(H,19,20). The van der Waals surface area contributed by atoms with Crippen molar-refractivity contribution in [1.29, 1.82) is 0 Å². The van der Waals surface area contributed by atoms with Gasteiger partial charge in [0.1, 0.15) is 6.54 Å². The Balaban J connectivity index is 1.83. The topological polar surface area (TPSA) is 95.5 Å². The maximum absolute atomic E-state index is 11.8. The van der Waals surface area contributed by atoms with E-state index >= 15 is 0 Å². The summed E-state index contributed by atoms with van der Waals surface area (Å²) in [6, 6.07) is 10.1. The van der Waals surface area contributed by atoms with Crippen molar-refractivity contribution in [2.45, 2.75) is 4.21 Å². The molecule has 0 aliphatic carbocycles. The number of hydrogen-bond donors (Lipinski definition) is 3. The summed E-state index contributed by atoms with van der Waals surface area (Å²) in [6.45, 7) is -0.433. The second-order valence-corrected chi connectivity index (χ2v) is 6.65. The van der Waals surface area contributed by atoms with E-state index in [9.17, 15) is 14.4 Å². The molecule has 0 spiro atoms. The van der Waals surface area contributed by atoms with E-state index in [0.717, 1.165) is 4.21 Å². The van der Waals surface area contributed by atoms with Gasteiger partial charge < -0.3 is 15.7 Å². The summed E-state index contributed by atoms with van der Waals surface area (Å²) in [6.07, 6.45) is 0. The van der Waals surface area contributed by atoms with Gasteiger partial charge >= 0.3 is 5.97 Å². The second kappa shape index (κ2) is 8.35. The lowest BCUT2D eigenvalue weighted by molar-refractivity contribution is -0.135. The molecule has 0 aliphatic heterocycles. The van der Waals surface area contributed by atoms with E-state index in [0.29, 0.717) is 17.0 Å². The Morgan fingerprint density at radius 1 is 1.13 bits per heavy atom. The molecule has 0 bridgehead atoms. The third-order valence-corrected chi connectivity index (χ3v) is 4.80. The quantitative estimate of drug-likeness (QED) is 0.666. The Kier molecular flexibility index (Phi) is 6.19. The number of nitrogens with one attached hydrogen (secondary N) is 2. The maximum atomic E-state index is 11.8. The molecule has 6 nitrogen and oxygen atoms in total. The SMILES string of the molecule is O=C(O)CNC(=O)c1ccc(NC(=O)CSc2cccs2)cc1. The maximum Gasteiger partial charge on any atom is 0.322 e. The molecule has 23 heavy (non-hydrogen) atoms. The Hall–Kier alpha value is -2.32. The van der Waals surface area contributed by atoms with Gasteiger partial charge in [-0.05, 0) is 35.7 Å². The zero-order valence-electron chi connectivity index (χ0n) is 11.9. The molecule has 0 fully saturated rings. The van der Waals surface area contributed by atoms with Gasteiger partial charge in [-0.2, -0.15) is 0 Å². The molecular formula is C15H14N2O4S2. The molecule has 2 amide bonds. The lowest BCUT2D eigenvalue weighted by Gasteiger charge is -2.06. The van der Waals surface area contributed by atoms with Crippen LogP contribution in [0.1, 0.15) is 10.4 Å². The third kappa shape index (κ3) is 5.76. The fourth-order valence-electron chi connectivity index (χ4n) is 1.64. The number of thiophene rings is 1. The number of carboxylic acids is 1. The Labute approximate surface area is 140 Å². The van der Waals surface area contributed by atoms with Crippen molar-refractivity contribution >= 4 is 46.6 Å². The van der Waals surface area contributed by atoms with Gasteiger partial charge in [-0.15, -0.1) is 23.1 Å². The van der Waals surface area contributed by atoms with Crippen molar-refractivity contribution in [1.82, 2.24) is 5.32 Å². The van der Waals surface area contributed by atoms with Gasteiger partial charge in [0.05, 0.1) is 9.96 Å². The van der Waals surface area contributed by atoms with Gasteiger partial charge in [0.2, 0.25) is 5.91 Å². The molecule has 0 saturated heterocycles. The van der Waals surface area contributed by atoms with Crippen LogP contribution in [0.3, 0.4) is 0 Å². The summed E-state index contributed by atoms with van der Waals surface area (Å²) in [4.78, 5) is 33.9. The average Bonchev–Trinajstić information content (AvgIpc) is 3.05. The minimum atomic E-state index is -1.11. The molecule has 2 rings (SSSR count). The first-order chi connectivity index (χ1) is 11.0. The number of thioether (sulfide) groups is 1. The van der Waals surface area contributed by atoms with Crippen molar-refractivity contribution < 1.29 is 19.5 Å². The van der Waals surface area contributed by atoms with Gasteiger partial charge in [0, 0.05) is 11.3 Å². The molecule has 1 aromatic heterocycles. The first kappa shape index (κ1) is 17.0. The number of benzene rings is 1. The molecule has 0 radical (unpaired) electrons. The van der Waals surface area contributed by atoms with Crippen LogP contribution in [0, 0.1) is 0 Å². The number of carbonyl (C=O) groups excluding carboxylic acids is 2. The average molecular weight is 350 g/mol. The van der Waals surface area contributed by atoms with Crippen molar-refractivity contribution in [3.8, 4) is 0 Å². The summed E-state index contributed by atoms with van der Waals surface area (Å²) >= 11 is 3.04. The van der Waals surface area contributed by atoms with Crippen molar-refractivity contribution in [3.05, 3.63) is 47.3 Å². The number of aliphatic carboxylic acids is 1. The monoisotopic (exact) mass is 350 g/mol. The first-order valence-electron chi connectivity index (χ1n) is 6.61. The van der Waals surface area contributed by atoms with Crippen LogP contribution in [0.2, 0.25) is 0 Å². The summed E-state index contributed by atoms with van der Waals surface area (Å²) in [5.74, 6) is -1.41. The number of amides is 2. The summed E-state index contributed by atoms with van der Waals surface area (Å²) < 4.78 is 1.07. The smallest absolute Gasteiger partial charge is 0.322 e. The van der Waals surface area contributed by atoms with E-state index in [1.165, 1.54) is 23.9 Å². The molecule has 1 aromatic carbocycles. The number of hydrogen-bond acceptors (Lipinski definition) is 5. The van der Waals surface area contributed by atoms with E-state index in [-0.39, 0.29) is 5.91 Å². The molecule has 120 valence electrons. The van der Waals surface area contributed by atoms with Crippen LogP contribution in [-0.4, -0.2) is 35.2 Å². The van der Waals surface area contributed by atoms with Crippen molar-refractivity contribution in [3.63, 3.8) is 0 Å². The Bertz CT molecular complexity index is 684. The summed E-state index contributed by atoms with van der Waals surface area (Å²) in [5.41, 5.74) is 0.911. The first-order valence-corrected chi connectivity index (χ1v) is 8.47.